The van der Waals surface area contributed by atoms with Crippen molar-refractivity contribution < 1.29 is 14.3 Å². The summed E-state index contributed by atoms with van der Waals surface area (Å²) in [4.78, 5) is 10.5. The maximum Gasteiger partial charge on any atom is 0.320 e. The quantitative estimate of drug-likeness (QED) is 0.690. The molecule has 1 aromatic rings. The van der Waals surface area contributed by atoms with Gasteiger partial charge in [0.25, 0.3) is 0 Å². The molecule has 0 saturated heterocycles. The van der Waals surface area contributed by atoms with Crippen molar-refractivity contribution in [1.29, 1.82) is 0 Å². The number of aliphatic carboxylic acids is 1. The van der Waals surface area contributed by atoms with Crippen LogP contribution in [0.3, 0.4) is 0 Å². The predicted molar refractivity (Wildman–Crippen MR) is 55.3 cm³/mol. The first kappa shape index (κ1) is 11.5. The van der Waals surface area contributed by atoms with Gasteiger partial charge in [0.1, 0.15) is 11.9 Å². The fourth-order valence-electron chi connectivity index (χ4n) is 1.23. The summed E-state index contributed by atoms with van der Waals surface area (Å²) >= 11 is 0. The summed E-state index contributed by atoms with van der Waals surface area (Å²) < 4.78 is 13.3. The van der Waals surface area contributed by atoms with Crippen LogP contribution >= 0.6 is 0 Å². The van der Waals surface area contributed by atoms with Crippen LogP contribution in [0.15, 0.2) is 18.2 Å². The van der Waals surface area contributed by atoms with E-state index in [2.05, 4.69) is 5.32 Å². The molecule has 0 aromatic heterocycles. The highest BCUT2D eigenvalue weighted by Gasteiger charge is 2.12. The van der Waals surface area contributed by atoms with Crippen molar-refractivity contribution in [2.75, 3.05) is 12.4 Å². The van der Waals surface area contributed by atoms with Gasteiger partial charge < -0.3 is 16.2 Å². The highest BCUT2D eigenvalue weighted by atomic mass is 19.1. The summed E-state index contributed by atoms with van der Waals surface area (Å²) in [5, 5.41) is 11.3. The van der Waals surface area contributed by atoms with E-state index in [0.29, 0.717) is 11.3 Å². The molecule has 0 aliphatic heterocycles. The highest BCUT2D eigenvalue weighted by molar-refractivity contribution is 5.73. The molecule has 0 fully saturated rings. The number of carbonyl (C=O) groups is 1. The molecule has 0 saturated carbocycles. The molecule has 1 rings (SSSR count). The molecule has 0 radical (unpaired) electrons. The molecule has 5 heteroatoms. The lowest BCUT2D eigenvalue weighted by molar-refractivity contribution is -0.138. The molecule has 4 N–H and O–H groups in total. The van der Waals surface area contributed by atoms with Gasteiger partial charge in [-0.1, -0.05) is 6.07 Å². The minimum absolute atomic E-state index is 0.121. The standard InChI is InChI=1S/C10H13FN2O2/c1-13-9-3-2-6(4-7(9)11)5-8(12)10(14)15/h2-4,8,13H,5,12H2,1H3,(H,14,15). The Morgan fingerprint density at radius 1 is 1.67 bits per heavy atom. The summed E-state index contributed by atoms with van der Waals surface area (Å²) in [5.74, 6) is -1.50. The Hall–Kier alpha value is -1.62. The van der Waals surface area contributed by atoms with Crippen LogP contribution in [-0.2, 0) is 11.2 Å². The van der Waals surface area contributed by atoms with E-state index in [1.54, 1.807) is 19.2 Å². The SMILES string of the molecule is CNc1ccc(CC(N)C(=O)O)cc1F. The van der Waals surface area contributed by atoms with Crippen LogP contribution in [0, 0.1) is 5.82 Å². The van der Waals surface area contributed by atoms with Gasteiger partial charge in [-0.15, -0.1) is 0 Å². The minimum atomic E-state index is -1.09. The molecule has 1 aromatic carbocycles. The van der Waals surface area contributed by atoms with Gasteiger partial charge in [0.2, 0.25) is 0 Å². The number of rotatable bonds is 4. The largest absolute Gasteiger partial charge is 0.480 e. The fourth-order valence-corrected chi connectivity index (χ4v) is 1.23. The molecule has 0 amide bonds. The molecule has 4 nitrogen and oxygen atoms in total. The van der Waals surface area contributed by atoms with Gasteiger partial charge in [0.05, 0.1) is 5.69 Å². The number of hydrogen-bond acceptors (Lipinski definition) is 3. The van der Waals surface area contributed by atoms with Crippen LogP contribution in [0.4, 0.5) is 10.1 Å². The smallest absolute Gasteiger partial charge is 0.320 e. The van der Waals surface area contributed by atoms with Gasteiger partial charge in [0, 0.05) is 7.05 Å². The van der Waals surface area contributed by atoms with Crippen molar-refractivity contribution in [3.63, 3.8) is 0 Å². The lowest BCUT2D eigenvalue weighted by Gasteiger charge is -2.08. The van der Waals surface area contributed by atoms with E-state index in [1.807, 2.05) is 0 Å². The maximum absolute atomic E-state index is 13.3. The summed E-state index contributed by atoms with van der Waals surface area (Å²) in [7, 11) is 1.61. The molecular weight excluding hydrogens is 199 g/mol. The van der Waals surface area contributed by atoms with Crippen LogP contribution in [0.25, 0.3) is 0 Å². The molecule has 1 atom stereocenters. The fraction of sp³-hybridized carbons (Fsp3) is 0.300. The van der Waals surface area contributed by atoms with E-state index < -0.39 is 17.8 Å². The van der Waals surface area contributed by atoms with Crippen molar-refractivity contribution in [3.05, 3.63) is 29.6 Å². The number of nitrogens with two attached hydrogens (primary N) is 1. The van der Waals surface area contributed by atoms with Crippen LogP contribution < -0.4 is 11.1 Å². The number of nitrogens with one attached hydrogen (secondary N) is 1. The first-order valence-corrected chi connectivity index (χ1v) is 4.49. The van der Waals surface area contributed by atoms with E-state index >= 15 is 0 Å². The lowest BCUT2D eigenvalue weighted by atomic mass is 10.1. The first-order valence-electron chi connectivity index (χ1n) is 4.49. The number of halogens is 1. The molecule has 0 heterocycles. The molecule has 15 heavy (non-hydrogen) atoms. The van der Waals surface area contributed by atoms with E-state index in [0.717, 1.165) is 0 Å². The second-order valence-corrected chi connectivity index (χ2v) is 3.21. The van der Waals surface area contributed by atoms with Crippen LogP contribution in [0.1, 0.15) is 5.56 Å². The number of benzene rings is 1. The molecule has 0 aliphatic rings. The van der Waals surface area contributed by atoms with Crippen molar-refractivity contribution in [3.8, 4) is 0 Å². The zero-order chi connectivity index (χ0) is 11.4. The Morgan fingerprint density at radius 2 is 2.33 bits per heavy atom. The van der Waals surface area contributed by atoms with Gasteiger partial charge in [-0.3, -0.25) is 4.79 Å². The van der Waals surface area contributed by atoms with Gasteiger partial charge in [-0.25, -0.2) is 4.39 Å². The Labute approximate surface area is 86.9 Å². The van der Waals surface area contributed by atoms with Gasteiger partial charge in [-0.05, 0) is 24.1 Å². The molecule has 82 valence electrons. The van der Waals surface area contributed by atoms with E-state index in [4.69, 9.17) is 10.8 Å². The molecular formula is C10H13FN2O2. The molecule has 0 bridgehead atoms. The monoisotopic (exact) mass is 212 g/mol. The Morgan fingerprint density at radius 3 is 2.80 bits per heavy atom. The lowest BCUT2D eigenvalue weighted by Crippen LogP contribution is -2.32. The summed E-state index contributed by atoms with van der Waals surface area (Å²) in [6.45, 7) is 0. The summed E-state index contributed by atoms with van der Waals surface area (Å²) in [6.07, 6.45) is 0.121. The molecule has 0 spiro atoms. The Bertz CT molecular complexity index is 368. The highest BCUT2D eigenvalue weighted by Crippen LogP contribution is 2.15. The first-order chi connectivity index (χ1) is 7.04. The minimum Gasteiger partial charge on any atom is -0.480 e. The van der Waals surface area contributed by atoms with Crippen LogP contribution in [-0.4, -0.2) is 24.2 Å². The normalized spacial score (nSPS) is 12.2. The average Bonchev–Trinajstić information content (AvgIpc) is 2.18. The number of hydrogen-bond donors (Lipinski definition) is 3. The zero-order valence-corrected chi connectivity index (χ0v) is 8.33. The Kier molecular flexibility index (Phi) is 3.62. The third-order valence-corrected chi connectivity index (χ3v) is 2.08. The van der Waals surface area contributed by atoms with E-state index in [9.17, 15) is 9.18 Å². The maximum atomic E-state index is 13.3. The zero-order valence-electron chi connectivity index (χ0n) is 8.33. The average molecular weight is 212 g/mol. The van der Waals surface area contributed by atoms with Crippen molar-refractivity contribution in [2.24, 2.45) is 5.73 Å². The van der Waals surface area contributed by atoms with Crippen molar-refractivity contribution >= 4 is 11.7 Å². The molecule has 1 unspecified atom stereocenters. The van der Waals surface area contributed by atoms with E-state index in [-0.39, 0.29) is 6.42 Å². The van der Waals surface area contributed by atoms with Gasteiger partial charge in [0.15, 0.2) is 0 Å². The number of anilines is 1. The topological polar surface area (TPSA) is 75.3 Å². The predicted octanol–water partition coefficient (Wildman–Crippen LogP) is 0.822. The third kappa shape index (κ3) is 2.92. The van der Waals surface area contributed by atoms with Gasteiger partial charge in [-0.2, -0.15) is 0 Å². The second kappa shape index (κ2) is 4.75. The summed E-state index contributed by atoms with van der Waals surface area (Å²) in [6, 6.07) is 3.50. The number of carboxylic acid groups (broad SMARTS) is 1. The number of carboxylic acids is 1. The van der Waals surface area contributed by atoms with Crippen LogP contribution in [0.2, 0.25) is 0 Å². The summed E-state index contributed by atoms with van der Waals surface area (Å²) in [5.41, 5.74) is 6.28. The third-order valence-electron chi connectivity index (χ3n) is 2.08. The van der Waals surface area contributed by atoms with Crippen molar-refractivity contribution in [1.82, 2.24) is 0 Å². The molecule has 0 aliphatic carbocycles. The van der Waals surface area contributed by atoms with E-state index in [1.165, 1.54) is 6.07 Å². The van der Waals surface area contributed by atoms with Crippen LogP contribution in [0.5, 0.6) is 0 Å². The van der Waals surface area contributed by atoms with Crippen molar-refractivity contribution in [2.45, 2.75) is 12.5 Å². The second-order valence-electron chi connectivity index (χ2n) is 3.21. The van der Waals surface area contributed by atoms with Gasteiger partial charge >= 0.3 is 5.97 Å². The Balaban J connectivity index is 2.79.